The molecule has 0 aliphatic heterocycles. The lowest BCUT2D eigenvalue weighted by molar-refractivity contribution is 0.0762. The molecule has 0 aromatic heterocycles. The van der Waals surface area contributed by atoms with E-state index in [-0.39, 0.29) is 5.78 Å². The number of fused-ring (bicyclic) bond motifs is 1. The molecule has 1 aliphatic rings. The van der Waals surface area contributed by atoms with Gasteiger partial charge in [0.2, 0.25) is 0 Å². The number of rotatable bonds is 3. The first-order chi connectivity index (χ1) is 7.72. The number of carbonyl (C=O) groups excluding carboxylic acids is 1. The second kappa shape index (κ2) is 4.86. The summed E-state index contributed by atoms with van der Waals surface area (Å²) in [7, 11) is 1.28. The van der Waals surface area contributed by atoms with Gasteiger partial charge in [0, 0.05) is 5.56 Å². The van der Waals surface area contributed by atoms with Crippen LogP contribution in [0.1, 0.15) is 22.3 Å². The SMILES string of the molecule is COS(=O)OC1CCc2ccccc2C1=O. The molecule has 0 heterocycles. The molecule has 0 saturated carbocycles. The Labute approximate surface area is 96.4 Å². The molecule has 16 heavy (non-hydrogen) atoms. The third-order valence-electron chi connectivity index (χ3n) is 2.58. The lowest BCUT2D eigenvalue weighted by Gasteiger charge is -2.21. The summed E-state index contributed by atoms with van der Waals surface area (Å²) in [5.41, 5.74) is 1.68. The van der Waals surface area contributed by atoms with Crippen LogP contribution in [-0.2, 0) is 26.1 Å². The zero-order valence-electron chi connectivity index (χ0n) is 8.84. The summed E-state index contributed by atoms with van der Waals surface area (Å²) in [6.07, 6.45) is 0.647. The molecule has 0 spiro atoms. The van der Waals surface area contributed by atoms with Crippen molar-refractivity contribution in [2.45, 2.75) is 18.9 Å². The molecule has 4 nitrogen and oxygen atoms in total. The van der Waals surface area contributed by atoms with Gasteiger partial charge in [-0.1, -0.05) is 24.3 Å². The van der Waals surface area contributed by atoms with Crippen molar-refractivity contribution in [2.75, 3.05) is 7.11 Å². The van der Waals surface area contributed by atoms with E-state index in [9.17, 15) is 9.00 Å². The van der Waals surface area contributed by atoms with E-state index in [0.29, 0.717) is 12.0 Å². The normalized spacial score (nSPS) is 21.6. The van der Waals surface area contributed by atoms with Gasteiger partial charge in [-0.05, 0) is 18.4 Å². The summed E-state index contributed by atoms with van der Waals surface area (Å²) in [5, 5.41) is 0. The van der Waals surface area contributed by atoms with Gasteiger partial charge in [0.1, 0.15) is 6.10 Å². The molecule has 0 amide bonds. The largest absolute Gasteiger partial charge is 0.305 e. The van der Waals surface area contributed by atoms with Crippen molar-refractivity contribution in [3.05, 3.63) is 35.4 Å². The van der Waals surface area contributed by atoms with Crippen LogP contribution in [0.3, 0.4) is 0 Å². The Morgan fingerprint density at radius 1 is 1.38 bits per heavy atom. The first-order valence-electron chi connectivity index (χ1n) is 4.98. The fraction of sp³-hybridized carbons (Fsp3) is 0.364. The van der Waals surface area contributed by atoms with Gasteiger partial charge >= 0.3 is 11.4 Å². The first-order valence-corrected chi connectivity index (χ1v) is 5.98. The van der Waals surface area contributed by atoms with Crippen molar-refractivity contribution in [1.29, 1.82) is 0 Å². The standard InChI is InChI=1S/C11H12O4S/c1-14-16(13)15-10-7-6-8-4-2-3-5-9(8)11(10)12/h2-5,10H,6-7H2,1H3. The summed E-state index contributed by atoms with van der Waals surface area (Å²) in [4.78, 5) is 12.0. The van der Waals surface area contributed by atoms with Gasteiger partial charge in [-0.2, -0.15) is 4.21 Å². The van der Waals surface area contributed by atoms with Crippen LogP contribution in [0, 0.1) is 0 Å². The van der Waals surface area contributed by atoms with E-state index in [2.05, 4.69) is 4.18 Å². The third kappa shape index (κ3) is 2.21. The summed E-state index contributed by atoms with van der Waals surface area (Å²) in [6, 6.07) is 7.41. The molecule has 1 aromatic carbocycles. The fourth-order valence-electron chi connectivity index (χ4n) is 1.80. The van der Waals surface area contributed by atoms with Crippen LogP contribution >= 0.6 is 0 Å². The molecule has 0 radical (unpaired) electrons. The maximum Gasteiger partial charge on any atom is 0.305 e. The Balaban J connectivity index is 2.18. The topological polar surface area (TPSA) is 52.6 Å². The number of aryl methyl sites for hydroxylation is 1. The van der Waals surface area contributed by atoms with Gasteiger partial charge in [-0.15, -0.1) is 0 Å². The summed E-state index contributed by atoms with van der Waals surface area (Å²) in [6.45, 7) is 0. The van der Waals surface area contributed by atoms with Crippen LogP contribution in [0.15, 0.2) is 24.3 Å². The van der Waals surface area contributed by atoms with Crippen molar-refractivity contribution in [3.8, 4) is 0 Å². The van der Waals surface area contributed by atoms with Crippen molar-refractivity contribution in [1.82, 2.24) is 0 Å². The highest BCUT2D eigenvalue weighted by Gasteiger charge is 2.29. The number of hydrogen-bond acceptors (Lipinski definition) is 4. The average Bonchev–Trinajstić information content (AvgIpc) is 2.33. The Hall–Kier alpha value is -1.04. The summed E-state index contributed by atoms with van der Waals surface area (Å²) in [5.74, 6) is -0.118. The van der Waals surface area contributed by atoms with E-state index in [0.717, 1.165) is 12.0 Å². The van der Waals surface area contributed by atoms with Crippen LogP contribution < -0.4 is 0 Å². The Morgan fingerprint density at radius 3 is 2.88 bits per heavy atom. The predicted octanol–water partition coefficient (Wildman–Crippen LogP) is 1.43. The molecule has 5 heteroatoms. The number of benzene rings is 1. The summed E-state index contributed by atoms with van der Waals surface area (Å²) < 4.78 is 20.5. The lowest BCUT2D eigenvalue weighted by Crippen LogP contribution is -2.31. The van der Waals surface area contributed by atoms with Crippen molar-refractivity contribution in [2.24, 2.45) is 0 Å². The van der Waals surface area contributed by atoms with E-state index in [4.69, 9.17) is 4.18 Å². The number of hydrogen-bond donors (Lipinski definition) is 0. The molecule has 0 bridgehead atoms. The van der Waals surface area contributed by atoms with Gasteiger partial charge in [0.15, 0.2) is 5.78 Å². The van der Waals surface area contributed by atoms with Crippen LogP contribution in [0.2, 0.25) is 0 Å². The minimum absolute atomic E-state index is 0.118. The summed E-state index contributed by atoms with van der Waals surface area (Å²) >= 11 is -1.84. The predicted molar refractivity (Wildman–Crippen MR) is 59.1 cm³/mol. The zero-order valence-corrected chi connectivity index (χ0v) is 9.66. The highest BCUT2D eigenvalue weighted by atomic mass is 32.2. The van der Waals surface area contributed by atoms with Gasteiger partial charge < -0.3 is 0 Å². The second-order valence-electron chi connectivity index (χ2n) is 3.52. The zero-order chi connectivity index (χ0) is 11.5. The molecule has 2 rings (SSSR count). The Morgan fingerprint density at radius 2 is 2.12 bits per heavy atom. The fourth-order valence-corrected chi connectivity index (χ4v) is 2.25. The maximum atomic E-state index is 12.0. The average molecular weight is 240 g/mol. The van der Waals surface area contributed by atoms with Crippen LogP contribution in [0.4, 0.5) is 0 Å². The Bertz CT molecular complexity index is 430. The van der Waals surface area contributed by atoms with Gasteiger partial charge in [0.05, 0.1) is 7.11 Å². The number of Topliss-reactive ketones (excluding diaryl/α,β-unsaturated/α-hetero) is 1. The Kier molecular flexibility index (Phi) is 3.48. The maximum absolute atomic E-state index is 12.0. The second-order valence-corrected chi connectivity index (χ2v) is 4.45. The molecular weight excluding hydrogens is 228 g/mol. The smallest absolute Gasteiger partial charge is 0.291 e. The molecule has 1 aliphatic carbocycles. The quantitative estimate of drug-likeness (QED) is 0.802. The molecule has 86 valence electrons. The van der Waals surface area contributed by atoms with Crippen LogP contribution in [0.25, 0.3) is 0 Å². The van der Waals surface area contributed by atoms with Gasteiger partial charge in [0.25, 0.3) is 0 Å². The van der Waals surface area contributed by atoms with E-state index in [1.807, 2.05) is 18.2 Å². The first kappa shape index (κ1) is 11.4. The van der Waals surface area contributed by atoms with Gasteiger partial charge in [-0.25, -0.2) is 0 Å². The lowest BCUT2D eigenvalue weighted by atomic mass is 9.89. The molecular formula is C11H12O4S. The van der Waals surface area contributed by atoms with E-state index in [1.165, 1.54) is 7.11 Å². The highest BCUT2D eigenvalue weighted by molar-refractivity contribution is 7.75. The monoisotopic (exact) mass is 240 g/mol. The minimum atomic E-state index is -1.84. The molecule has 0 fully saturated rings. The van der Waals surface area contributed by atoms with E-state index < -0.39 is 17.5 Å². The molecule has 2 unspecified atom stereocenters. The van der Waals surface area contributed by atoms with Crippen LogP contribution in [0.5, 0.6) is 0 Å². The van der Waals surface area contributed by atoms with E-state index in [1.54, 1.807) is 6.07 Å². The molecule has 1 aromatic rings. The molecule has 0 saturated heterocycles. The van der Waals surface area contributed by atoms with Gasteiger partial charge in [-0.3, -0.25) is 13.2 Å². The highest BCUT2D eigenvalue weighted by Crippen LogP contribution is 2.23. The van der Waals surface area contributed by atoms with Crippen molar-refractivity contribution < 1.29 is 17.4 Å². The molecule has 2 atom stereocenters. The minimum Gasteiger partial charge on any atom is -0.291 e. The van der Waals surface area contributed by atoms with Crippen molar-refractivity contribution >= 4 is 17.1 Å². The third-order valence-corrected chi connectivity index (χ3v) is 3.24. The van der Waals surface area contributed by atoms with Crippen molar-refractivity contribution in [3.63, 3.8) is 0 Å². The van der Waals surface area contributed by atoms with E-state index >= 15 is 0 Å². The van der Waals surface area contributed by atoms with Crippen LogP contribution in [-0.4, -0.2) is 23.2 Å². The number of carbonyl (C=O) groups is 1. The molecule has 0 N–H and O–H groups in total. The number of ketones is 1.